The molecule has 1 amide bonds. The van der Waals surface area contributed by atoms with Gasteiger partial charge < -0.3 is 4.90 Å². The Morgan fingerprint density at radius 1 is 0.543 bits per heavy atom. The number of hydrogen-bond donors (Lipinski definition) is 0. The van der Waals surface area contributed by atoms with Crippen LogP contribution in [0.2, 0.25) is 0 Å². The van der Waals surface area contributed by atoms with E-state index in [2.05, 4.69) is 0 Å². The van der Waals surface area contributed by atoms with Crippen molar-refractivity contribution in [2.45, 2.75) is 47.6 Å². The minimum absolute atomic E-state index is 0.171. The van der Waals surface area contributed by atoms with E-state index in [1.807, 2.05) is 0 Å². The van der Waals surface area contributed by atoms with Gasteiger partial charge in [-0.25, -0.2) is 0 Å². The number of halogens is 17. The van der Waals surface area contributed by atoms with Gasteiger partial charge in [0.25, 0.3) is 0 Å². The van der Waals surface area contributed by atoms with Crippen molar-refractivity contribution in [2.75, 3.05) is 11.9 Å². The van der Waals surface area contributed by atoms with Crippen molar-refractivity contribution >= 4 is 11.6 Å². The fourth-order valence-electron chi connectivity index (χ4n) is 2.28. The van der Waals surface area contributed by atoms with Crippen LogP contribution in [0, 0.1) is 0 Å². The SMILES string of the molecule is CN(C(=O)C(F)(F)C(F)(F)C(F)(F)C(F)(F)C(F)(F)C(F)(F)C(F)(F)C(F)(F)F)c1ccccc1. The Balaban J connectivity index is 3.64. The number of nitrogens with zero attached hydrogens (tertiary/aromatic N) is 1. The summed E-state index contributed by atoms with van der Waals surface area (Å²) >= 11 is 0. The monoisotopic (exact) mass is 553 g/mol. The average molecular weight is 553 g/mol. The molecule has 1 aromatic carbocycles. The number of rotatable bonds is 8. The molecule has 35 heavy (non-hydrogen) atoms. The smallest absolute Gasteiger partial charge is 0.310 e. The van der Waals surface area contributed by atoms with E-state index in [1.54, 1.807) is 0 Å². The van der Waals surface area contributed by atoms with E-state index in [-0.39, 0.29) is 7.05 Å². The van der Waals surface area contributed by atoms with Gasteiger partial charge in [0.1, 0.15) is 0 Å². The van der Waals surface area contributed by atoms with Crippen LogP contribution >= 0.6 is 0 Å². The van der Waals surface area contributed by atoms with Gasteiger partial charge in [-0.2, -0.15) is 74.6 Å². The van der Waals surface area contributed by atoms with E-state index >= 15 is 0 Å². The van der Waals surface area contributed by atoms with Crippen LogP contribution < -0.4 is 4.90 Å². The molecule has 0 aliphatic heterocycles. The summed E-state index contributed by atoms with van der Waals surface area (Å²) in [6, 6.07) is 4.41. The van der Waals surface area contributed by atoms with Crippen LogP contribution in [0.4, 0.5) is 80.3 Å². The Morgan fingerprint density at radius 3 is 1.20 bits per heavy atom. The number of carbonyl (C=O) groups is 1. The Kier molecular flexibility index (Phi) is 7.22. The summed E-state index contributed by atoms with van der Waals surface area (Å²) in [7, 11) is 0.171. The van der Waals surface area contributed by atoms with Gasteiger partial charge in [-0.1, -0.05) is 18.2 Å². The minimum atomic E-state index is -8.74. The molecule has 1 rings (SSSR count). The standard InChI is InChI=1S/C16H8F17NO/c1-34(7-5-3-2-4-6-7)8(35)9(17,18)10(19,20)11(21,22)12(23,24)13(25,26)14(27,28)15(29,30)16(31,32)33/h2-6H,1H3. The minimum Gasteiger partial charge on any atom is -0.310 e. The van der Waals surface area contributed by atoms with Crippen molar-refractivity contribution < 1.29 is 79.4 Å². The van der Waals surface area contributed by atoms with E-state index in [4.69, 9.17) is 0 Å². The second kappa shape index (κ2) is 8.28. The number of para-hydroxylation sites is 1. The molecule has 0 bridgehead atoms. The molecule has 2 nitrogen and oxygen atoms in total. The maximum Gasteiger partial charge on any atom is 0.460 e. The highest BCUT2D eigenvalue weighted by Crippen LogP contribution is 2.64. The number of benzene rings is 1. The van der Waals surface area contributed by atoms with E-state index in [0.717, 1.165) is 18.2 Å². The third-order valence-corrected chi connectivity index (χ3v) is 4.44. The molecule has 0 saturated carbocycles. The molecule has 0 fully saturated rings. The molecule has 19 heteroatoms. The van der Waals surface area contributed by atoms with Crippen LogP contribution in [0.5, 0.6) is 0 Å². The molecule has 0 saturated heterocycles. The number of carbonyl (C=O) groups excluding carboxylic acids is 1. The molecule has 0 aromatic heterocycles. The van der Waals surface area contributed by atoms with E-state index < -0.39 is 64.1 Å². The molecule has 0 heterocycles. The van der Waals surface area contributed by atoms with Crippen LogP contribution in [0.3, 0.4) is 0 Å². The summed E-state index contributed by atoms with van der Waals surface area (Å²) < 4.78 is 225. The van der Waals surface area contributed by atoms with Gasteiger partial charge in [0.05, 0.1) is 0 Å². The molecule has 0 aliphatic rings. The van der Waals surface area contributed by atoms with E-state index in [1.165, 1.54) is 0 Å². The van der Waals surface area contributed by atoms with Crippen molar-refractivity contribution in [3.8, 4) is 0 Å². The lowest BCUT2D eigenvalue weighted by atomic mass is 9.88. The molecule has 0 spiro atoms. The number of anilines is 1. The topological polar surface area (TPSA) is 20.3 Å². The first-order valence-corrected chi connectivity index (χ1v) is 8.22. The molecule has 0 unspecified atom stereocenters. The zero-order chi connectivity index (χ0) is 28.3. The zero-order valence-corrected chi connectivity index (χ0v) is 16.2. The van der Waals surface area contributed by atoms with Gasteiger partial charge in [-0.15, -0.1) is 0 Å². The number of amides is 1. The van der Waals surface area contributed by atoms with Crippen LogP contribution in [0.25, 0.3) is 0 Å². The van der Waals surface area contributed by atoms with Gasteiger partial charge in [0, 0.05) is 12.7 Å². The maximum absolute atomic E-state index is 13.9. The summed E-state index contributed by atoms with van der Waals surface area (Å²) in [5.74, 6) is -61.5. The normalized spacial score (nSPS) is 15.3. The Bertz CT molecular complexity index is 922. The molecule has 0 aliphatic carbocycles. The first-order valence-electron chi connectivity index (χ1n) is 8.22. The third-order valence-electron chi connectivity index (χ3n) is 4.44. The van der Waals surface area contributed by atoms with Gasteiger partial charge >= 0.3 is 53.5 Å². The van der Waals surface area contributed by atoms with E-state index in [0.29, 0.717) is 12.1 Å². The highest BCUT2D eigenvalue weighted by atomic mass is 19.4. The van der Waals surface area contributed by atoms with Gasteiger partial charge in [0.2, 0.25) is 0 Å². The molecule has 0 atom stereocenters. The van der Waals surface area contributed by atoms with Crippen molar-refractivity contribution in [1.82, 2.24) is 0 Å². The molecule has 1 aromatic rings. The van der Waals surface area contributed by atoms with E-state index in [9.17, 15) is 79.4 Å². The summed E-state index contributed by atoms with van der Waals surface area (Å²) in [5, 5.41) is 0. The van der Waals surface area contributed by atoms with Gasteiger partial charge in [0.15, 0.2) is 0 Å². The molecule has 0 N–H and O–H groups in total. The predicted octanol–water partition coefficient (Wildman–Crippen LogP) is 6.66. The van der Waals surface area contributed by atoms with Gasteiger partial charge in [-0.3, -0.25) is 4.79 Å². The molecular formula is C16H8F17NO. The zero-order valence-electron chi connectivity index (χ0n) is 16.2. The largest absolute Gasteiger partial charge is 0.460 e. The predicted molar refractivity (Wildman–Crippen MR) is 80.5 cm³/mol. The fourth-order valence-corrected chi connectivity index (χ4v) is 2.28. The second-order valence-electron chi connectivity index (χ2n) is 6.72. The molecule has 202 valence electrons. The number of alkyl halides is 17. The van der Waals surface area contributed by atoms with Crippen LogP contribution in [-0.4, -0.2) is 60.6 Å². The van der Waals surface area contributed by atoms with Crippen molar-refractivity contribution in [3.05, 3.63) is 30.3 Å². The number of hydrogen-bond acceptors (Lipinski definition) is 1. The summed E-state index contributed by atoms with van der Waals surface area (Å²) in [6.45, 7) is 0. The maximum atomic E-state index is 13.9. The summed E-state index contributed by atoms with van der Waals surface area (Å²) in [6.07, 6.45) is -7.83. The lowest BCUT2D eigenvalue weighted by Crippen LogP contribution is -2.75. The van der Waals surface area contributed by atoms with Crippen LogP contribution in [0.1, 0.15) is 0 Å². The molecule has 0 radical (unpaired) electrons. The van der Waals surface area contributed by atoms with Crippen molar-refractivity contribution in [3.63, 3.8) is 0 Å². The fraction of sp³-hybridized carbons (Fsp3) is 0.562. The average Bonchev–Trinajstić information content (AvgIpc) is 2.71. The summed E-state index contributed by atoms with van der Waals surface area (Å²) in [5.41, 5.74) is -0.801. The lowest BCUT2D eigenvalue weighted by Gasteiger charge is -2.42. The molecular weight excluding hydrogens is 545 g/mol. The lowest BCUT2D eigenvalue weighted by molar-refractivity contribution is -0.459. The summed E-state index contributed by atoms with van der Waals surface area (Å²) in [4.78, 5) is 11.1. The van der Waals surface area contributed by atoms with Crippen molar-refractivity contribution in [2.24, 2.45) is 0 Å². The van der Waals surface area contributed by atoms with Crippen LogP contribution in [0.15, 0.2) is 30.3 Å². The highest BCUT2D eigenvalue weighted by Gasteiger charge is 2.95. The van der Waals surface area contributed by atoms with Gasteiger partial charge in [-0.05, 0) is 12.1 Å². The second-order valence-corrected chi connectivity index (χ2v) is 6.72. The first-order chi connectivity index (χ1) is 15.2. The third kappa shape index (κ3) is 4.03. The first kappa shape index (κ1) is 30.5. The van der Waals surface area contributed by atoms with Crippen molar-refractivity contribution in [1.29, 1.82) is 0 Å². The Labute approximate surface area is 182 Å². The Hall–Kier alpha value is -2.50. The van der Waals surface area contributed by atoms with Crippen LogP contribution in [-0.2, 0) is 4.79 Å². The Morgan fingerprint density at radius 2 is 0.857 bits per heavy atom. The highest BCUT2D eigenvalue weighted by molar-refractivity contribution is 5.98. The quantitative estimate of drug-likeness (QED) is 0.330.